The maximum atomic E-state index is 12.9. The van der Waals surface area contributed by atoms with Gasteiger partial charge in [0.1, 0.15) is 0 Å². The van der Waals surface area contributed by atoms with Gasteiger partial charge in [-0.3, -0.25) is 4.72 Å². The van der Waals surface area contributed by atoms with E-state index in [0.29, 0.717) is 27.6 Å². The summed E-state index contributed by atoms with van der Waals surface area (Å²) in [5.41, 5.74) is 0.363. The van der Waals surface area contributed by atoms with Gasteiger partial charge in [-0.25, -0.2) is 8.42 Å². The lowest BCUT2D eigenvalue weighted by molar-refractivity contribution is 0.355. The molecule has 0 fully saturated rings. The van der Waals surface area contributed by atoms with Crippen molar-refractivity contribution in [3.8, 4) is 11.5 Å². The minimum atomic E-state index is -3.84. The quantitative estimate of drug-likeness (QED) is 0.719. The topological polar surface area (TPSA) is 64.6 Å². The van der Waals surface area contributed by atoms with Crippen molar-refractivity contribution in [3.63, 3.8) is 0 Å². The molecule has 3 aromatic rings. The molecule has 0 heterocycles. The van der Waals surface area contributed by atoms with E-state index in [1.54, 1.807) is 36.4 Å². The summed E-state index contributed by atoms with van der Waals surface area (Å²) < 4.78 is 38.7. The number of hydrogen-bond donors (Lipinski definition) is 1. The number of benzene rings is 3. The van der Waals surface area contributed by atoms with E-state index in [0.717, 1.165) is 5.39 Å². The Morgan fingerprint density at radius 1 is 0.920 bits per heavy atom. The van der Waals surface area contributed by atoms with E-state index >= 15 is 0 Å². The fourth-order valence-electron chi connectivity index (χ4n) is 2.60. The Kier molecular flexibility index (Phi) is 4.74. The molecule has 130 valence electrons. The van der Waals surface area contributed by atoms with E-state index in [9.17, 15) is 8.42 Å². The lowest BCUT2D eigenvalue weighted by Gasteiger charge is -2.13. The first-order chi connectivity index (χ1) is 12.0. The van der Waals surface area contributed by atoms with Gasteiger partial charge in [-0.1, -0.05) is 35.9 Å². The summed E-state index contributed by atoms with van der Waals surface area (Å²) in [6.45, 7) is 0. The van der Waals surface area contributed by atoms with Gasteiger partial charge in [0.15, 0.2) is 11.5 Å². The summed E-state index contributed by atoms with van der Waals surface area (Å²) in [5, 5.41) is 1.62. The molecule has 0 amide bonds. The molecule has 25 heavy (non-hydrogen) atoms. The molecule has 0 aliphatic heterocycles. The smallest absolute Gasteiger partial charge is 0.262 e. The number of methoxy groups -OCH3 is 2. The van der Waals surface area contributed by atoms with Gasteiger partial charge in [-0.05, 0) is 29.7 Å². The average Bonchev–Trinajstić information content (AvgIpc) is 2.61. The summed E-state index contributed by atoms with van der Waals surface area (Å²) in [4.78, 5) is 0.116. The van der Waals surface area contributed by atoms with Crippen LogP contribution in [-0.2, 0) is 10.0 Å². The molecule has 0 saturated carbocycles. The molecule has 0 radical (unpaired) electrons. The van der Waals surface area contributed by atoms with Crippen LogP contribution in [0, 0.1) is 0 Å². The van der Waals surface area contributed by atoms with Crippen molar-refractivity contribution >= 4 is 38.1 Å². The third-order valence-electron chi connectivity index (χ3n) is 3.74. The van der Waals surface area contributed by atoms with Gasteiger partial charge in [0.05, 0.1) is 24.8 Å². The van der Waals surface area contributed by atoms with Crippen molar-refractivity contribution in [3.05, 3.63) is 59.6 Å². The second-order valence-electron chi connectivity index (χ2n) is 5.27. The van der Waals surface area contributed by atoms with Crippen LogP contribution >= 0.6 is 11.6 Å². The molecule has 0 bridgehead atoms. The van der Waals surface area contributed by atoms with E-state index in [2.05, 4.69) is 4.72 Å². The lowest BCUT2D eigenvalue weighted by atomic mass is 10.1. The van der Waals surface area contributed by atoms with Crippen LogP contribution in [0.1, 0.15) is 0 Å². The molecule has 0 saturated heterocycles. The number of anilines is 1. The summed E-state index contributed by atoms with van der Waals surface area (Å²) in [5.74, 6) is 0.942. The number of halogens is 1. The molecular formula is C18H16ClNO4S. The molecule has 0 aromatic heterocycles. The van der Waals surface area contributed by atoms with E-state index < -0.39 is 10.0 Å². The number of ether oxygens (including phenoxy) is 2. The summed E-state index contributed by atoms with van der Waals surface area (Å²) >= 11 is 6.23. The molecule has 3 rings (SSSR count). The lowest BCUT2D eigenvalue weighted by Crippen LogP contribution is -2.13. The average molecular weight is 378 g/mol. The Morgan fingerprint density at radius 2 is 1.60 bits per heavy atom. The predicted molar refractivity (Wildman–Crippen MR) is 99.3 cm³/mol. The van der Waals surface area contributed by atoms with Crippen LogP contribution in [0.4, 0.5) is 5.69 Å². The molecule has 0 aliphatic carbocycles. The fourth-order valence-corrected chi connectivity index (χ4v) is 4.24. The normalized spacial score (nSPS) is 11.3. The molecule has 7 heteroatoms. The first-order valence-corrected chi connectivity index (χ1v) is 9.24. The largest absolute Gasteiger partial charge is 0.493 e. The zero-order valence-electron chi connectivity index (χ0n) is 13.6. The zero-order chi connectivity index (χ0) is 18.0. The van der Waals surface area contributed by atoms with Crippen LogP contribution in [-0.4, -0.2) is 22.6 Å². The van der Waals surface area contributed by atoms with E-state index in [4.69, 9.17) is 21.1 Å². The van der Waals surface area contributed by atoms with Crippen LogP contribution in [0.2, 0.25) is 5.02 Å². The van der Waals surface area contributed by atoms with Crippen molar-refractivity contribution in [1.82, 2.24) is 0 Å². The van der Waals surface area contributed by atoms with Crippen LogP contribution in [0.5, 0.6) is 11.5 Å². The maximum absolute atomic E-state index is 12.9. The van der Waals surface area contributed by atoms with Gasteiger partial charge in [0.25, 0.3) is 10.0 Å². The van der Waals surface area contributed by atoms with Crippen molar-refractivity contribution < 1.29 is 17.9 Å². The van der Waals surface area contributed by atoms with Gasteiger partial charge < -0.3 is 9.47 Å². The first-order valence-electron chi connectivity index (χ1n) is 7.38. The zero-order valence-corrected chi connectivity index (χ0v) is 15.2. The van der Waals surface area contributed by atoms with Gasteiger partial charge in [0.2, 0.25) is 0 Å². The Bertz CT molecular complexity index is 1030. The molecule has 0 unspecified atom stereocenters. The van der Waals surface area contributed by atoms with Crippen LogP contribution in [0.3, 0.4) is 0 Å². The van der Waals surface area contributed by atoms with Crippen LogP contribution in [0.15, 0.2) is 59.5 Å². The molecule has 0 spiro atoms. The molecule has 5 nitrogen and oxygen atoms in total. The minimum Gasteiger partial charge on any atom is -0.493 e. The molecule has 1 N–H and O–H groups in total. The van der Waals surface area contributed by atoms with Crippen LogP contribution in [0.25, 0.3) is 10.8 Å². The molecule has 3 aromatic carbocycles. The van der Waals surface area contributed by atoms with E-state index in [1.807, 2.05) is 12.1 Å². The van der Waals surface area contributed by atoms with Gasteiger partial charge in [0, 0.05) is 16.5 Å². The summed E-state index contributed by atoms with van der Waals surface area (Å²) in [6.07, 6.45) is 0. The number of nitrogens with one attached hydrogen (secondary N) is 1. The Morgan fingerprint density at radius 3 is 2.28 bits per heavy atom. The number of hydrogen-bond acceptors (Lipinski definition) is 4. The van der Waals surface area contributed by atoms with Crippen molar-refractivity contribution in [2.75, 3.05) is 18.9 Å². The molecule has 0 aliphatic rings. The van der Waals surface area contributed by atoms with Crippen LogP contribution < -0.4 is 14.2 Å². The predicted octanol–water partition coefficient (Wildman–Crippen LogP) is 4.31. The monoisotopic (exact) mass is 377 g/mol. The Labute approximate surface area is 151 Å². The highest BCUT2D eigenvalue weighted by molar-refractivity contribution is 7.93. The van der Waals surface area contributed by atoms with Crippen molar-refractivity contribution in [2.45, 2.75) is 4.90 Å². The third-order valence-corrected chi connectivity index (χ3v) is 5.48. The minimum absolute atomic E-state index is 0.116. The van der Waals surface area contributed by atoms with E-state index in [1.165, 1.54) is 20.3 Å². The maximum Gasteiger partial charge on any atom is 0.262 e. The Balaban J connectivity index is 2.07. The second kappa shape index (κ2) is 6.82. The van der Waals surface area contributed by atoms with E-state index in [-0.39, 0.29) is 4.90 Å². The first kappa shape index (κ1) is 17.4. The highest BCUT2D eigenvalue weighted by Crippen LogP contribution is 2.33. The highest BCUT2D eigenvalue weighted by Gasteiger charge is 2.19. The van der Waals surface area contributed by atoms with Gasteiger partial charge >= 0.3 is 0 Å². The number of sulfonamides is 1. The molecule has 0 atom stereocenters. The van der Waals surface area contributed by atoms with Gasteiger partial charge in [-0.15, -0.1) is 0 Å². The standard InChI is InChI=1S/C18H16ClNO4S/c1-23-15-10-9-13(11-16(15)24-2)20-25(21,22)17-8-4-6-12-5-3-7-14(19)18(12)17/h3-11,20H,1-2H3. The Hall–Kier alpha value is -2.44. The number of rotatable bonds is 5. The number of fused-ring (bicyclic) bond motifs is 1. The highest BCUT2D eigenvalue weighted by atomic mass is 35.5. The summed E-state index contributed by atoms with van der Waals surface area (Å²) in [6, 6.07) is 15.1. The van der Waals surface area contributed by atoms with Crippen molar-refractivity contribution in [1.29, 1.82) is 0 Å². The molecular weight excluding hydrogens is 362 g/mol. The third kappa shape index (κ3) is 3.36. The van der Waals surface area contributed by atoms with Gasteiger partial charge in [-0.2, -0.15) is 0 Å². The fraction of sp³-hybridized carbons (Fsp3) is 0.111. The van der Waals surface area contributed by atoms with Crippen molar-refractivity contribution in [2.24, 2.45) is 0 Å². The SMILES string of the molecule is COc1ccc(NS(=O)(=O)c2cccc3cccc(Cl)c23)cc1OC. The summed E-state index contributed by atoms with van der Waals surface area (Å²) in [7, 11) is -0.837. The second-order valence-corrected chi connectivity index (χ2v) is 7.33.